The summed E-state index contributed by atoms with van der Waals surface area (Å²) in [6, 6.07) is 6.88. The van der Waals surface area contributed by atoms with Crippen LogP contribution in [-0.2, 0) is 14.3 Å². The minimum absolute atomic E-state index is 0.191. The second kappa shape index (κ2) is 8.11. The lowest BCUT2D eigenvalue weighted by molar-refractivity contribution is -0.830. The highest BCUT2D eigenvalue weighted by molar-refractivity contribution is 5.94. The van der Waals surface area contributed by atoms with Gasteiger partial charge in [-0.15, -0.1) is 0 Å². The van der Waals surface area contributed by atoms with E-state index in [0.29, 0.717) is 35.9 Å². The van der Waals surface area contributed by atoms with E-state index < -0.39 is 5.97 Å². The molecule has 0 radical (unpaired) electrons. The van der Waals surface area contributed by atoms with Gasteiger partial charge in [-0.3, -0.25) is 5.21 Å². The van der Waals surface area contributed by atoms with Crippen molar-refractivity contribution in [3.05, 3.63) is 48.3 Å². The van der Waals surface area contributed by atoms with Gasteiger partial charge in [0.25, 0.3) is 0 Å². The van der Waals surface area contributed by atoms with E-state index >= 15 is 0 Å². The third-order valence-electron chi connectivity index (χ3n) is 3.16. The zero-order valence-electron chi connectivity index (χ0n) is 12.8. The molecule has 0 amide bonds. The Morgan fingerprint density at radius 3 is 2.91 bits per heavy atom. The fraction of sp³-hybridized carbons (Fsp3) is 0.250. The molecule has 0 aromatic heterocycles. The molecule has 0 spiro atoms. The summed E-state index contributed by atoms with van der Waals surface area (Å²) >= 11 is 0. The van der Waals surface area contributed by atoms with E-state index in [4.69, 9.17) is 9.47 Å². The highest BCUT2D eigenvalue weighted by Crippen LogP contribution is 2.20. The lowest BCUT2D eigenvalue weighted by Crippen LogP contribution is -2.73. The molecule has 1 aliphatic rings. The molecule has 4 N–H and O–H groups in total. The van der Waals surface area contributed by atoms with Crippen LogP contribution in [0.25, 0.3) is 0 Å². The Morgan fingerprint density at radius 1 is 1.39 bits per heavy atom. The minimum atomic E-state index is -0.449. The first-order valence-electron chi connectivity index (χ1n) is 7.23. The topological polar surface area (TPSA) is 95.6 Å². The van der Waals surface area contributed by atoms with Gasteiger partial charge in [0.05, 0.1) is 19.1 Å². The largest absolute Gasteiger partial charge is 0.482 e. The number of quaternary nitrogens is 1. The van der Waals surface area contributed by atoms with Crippen molar-refractivity contribution in [2.75, 3.05) is 13.2 Å². The van der Waals surface area contributed by atoms with Crippen LogP contribution in [0.1, 0.15) is 13.3 Å². The normalized spacial score (nSPS) is 15.8. The van der Waals surface area contributed by atoms with Gasteiger partial charge in [-0.2, -0.15) is 5.48 Å². The van der Waals surface area contributed by atoms with Crippen LogP contribution >= 0.6 is 0 Å². The summed E-state index contributed by atoms with van der Waals surface area (Å²) in [5, 5.41) is 19.6. The van der Waals surface area contributed by atoms with E-state index in [1.807, 2.05) is 6.08 Å². The predicted molar refractivity (Wildman–Crippen MR) is 81.0 cm³/mol. The molecule has 0 atom stereocenters. The van der Waals surface area contributed by atoms with E-state index in [0.717, 1.165) is 10.2 Å². The van der Waals surface area contributed by atoms with E-state index in [2.05, 4.69) is 0 Å². The van der Waals surface area contributed by atoms with E-state index in [1.165, 1.54) is 0 Å². The molecule has 2 rings (SSSR count). The summed E-state index contributed by atoms with van der Waals surface area (Å²) in [6.07, 6.45) is 5.65. The minimum Gasteiger partial charge on any atom is -0.482 e. The molecule has 7 nitrogen and oxygen atoms in total. The monoisotopic (exact) mass is 320 g/mol. The van der Waals surface area contributed by atoms with Crippen molar-refractivity contribution >= 4 is 23.1 Å². The number of hydrogen-bond acceptors (Lipinski definition) is 5. The molecular weight excluding hydrogens is 300 g/mol. The van der Waals surface area contributed by atoms with Crippen LogP contribution in [0, 0.1) is 0 Å². The zero-order chi connectivity index (χ0) is 16.7. The first-order chi connectivity index (χ1) is 11.2. The van der Waals surface area contributed by atoms with Crippen molar-refractivity contribution in [1.29, 1.82) is 0 Å². The number of carbonyl (C=O) groups is 1. The molecule has 0 unspecified atom stereocenters. The van der Waals surface area contributed by atoms with Crippen LogP contribution in [0.2, 0.25) is 0 Å². The zero-order valence-corrected chi connectivity index (χ0v) is 12.8. The van der Waals surface area contributed by atoms with Crippen LogP contribution < -0.4 is 5.48 Å². The maximum Gasteiger partial charge on any atom is 0.344 e. The molecule has 7 heteroatoms. The quantitative estimate of drug-likeness (QED) is 0.240. The van der Waals surface area contributed by atoms with Gasteiger partial charge in [0, 0.05) is 16.9 Å². The Labute approximate surface area is 133 Å². The van der Waals surface area contributed by atoms with Gasteiger partial charge in [0.15, 0.2) is 6.61 Å². The van der Waals surface area contributed by atoms with Gasteiger partial charge >= 0.3 is 11.7 Å². The summed E-state index contributed by atoms with van der Waals surface area (Å²) in [5.41, 5.74) is 2.42. The van der Waals surface area contributed by atoms with E-state index in [1.54, 1.807) is 43.3 Å². The van der Waals surface area contributed by atoms with Crippen LogP contribution in [-0.4, -0.2) is 40.0 Å². The number of esters is 1. The molecule has 0 fully saturated rings. The number of benzene rings is 1. The highest BCUT2D eigenvalue weighted by Gasteiger charge is 2.23. The molecule has 1 aliphatic carbocycles. The number of nitrogens with two attached hydrogens (primary N) is 1. The summed E-state index contributed by atoms with van der Waals surface area (Å²) in [5.74, 6) is -0.00110. The lowest BCUT2D eigenvalue weighted by atomic mass is 10.1. The molecular formula is C16H20N2O5+2. The Hall–Kier alpha value is -2.64. The standard InChI is InChI=1S/C16H19N2O5/c1-2-22-16(19)11-23-13-7-5-6-12(10-13)18(21)15-9-4-3-8-14(15)17-20/h3-5,7-10,17,20-21H,2,6,11H2,1H3/q+1/p+1/b18-12-. The average Bonchev–Trinajstić information content (AvgIpc) is 2.60. The Bertz CT molecular complexity index is 664. The van der Waals surface area contributed by atoms with Crippen LogP contribution in [0.5, 0.6) is 0 Å². The second-order valence-electron chi connectivity index (χ2n) is 4.74. The predicted octanol–water partition coefficient (Wildman–Crippen LogP) is 1.17. The lowest BCUT2D eigenvalue weighted by Gasteiger charge is -2.09. The van der Waals surface area contributed by atoms with Gasteiger partial charge in [-0.1, -0.05) is 18.2 Å². The molecule has 0 saturated carbocycles. The molecule has 0 saturated heterocycles. The summed E-state index contributed by atoms with van der Waals surface area (Å²) in [7, 11) is 0. The number of allylic oxidation sites excluding steroid dienone is 3. The van der Waals surface area contributed by atoms with Crippen molar-refractivity contribution in [3.63, 3.8) is 0 Å². The van der Waals surface area contributed by atoms with Crippen LogP contribution in [0.15, 0.2) is 48.3 Å². The average molecular weight is 320 g/mol. The van der Waals surface area contributed by atoms with Crippen molar-refractivity contribution in [2.45, 2.75) is 13.3 Å². The Morgan fingerprint density at radius 2 is 2.17 bits per heavy atom. The number of nitrogens with zero attached hydrogens (tertiary/aromatic N) is 1. The Kier molecular flexibility index (Phi) is 5.90. The van der Waals surface area contributed by atoms with Gasteiger partial charge in [0.2, 0.25) is 11.4 Å². The number of carbonyl (C=O) groups excluding carboxylic acids is 1. The molecule has 122 valence electrons. The SMILES string of the molecule is CCOC(=O)COC1=C/C(=[N+](\O)c2ccccc2[NH2+]O)CC=C1. The highest BCUT2D eigenvalue weighted by atomic mass is 16.6. The van der Waals surface area contributed by atoms with E-state index in [-0.39, 0.29) is 6.61 Å². The van der Waals surface area contributed by atoms with Crippen molar-refractivity contribution < 1.29 is 34.9 Å². The number of ether oxygens (including phenoxy) is 2. The van der Waals surface area contributed by atoms with Crippen molar-refractivity contribution in [1.82, 2.24) is 0 Å². The molecule has 0 bridgehead atoms. The fourth-order valence-corrected chi connectivity index (χ4v) is 2.09. The smallest absolute Gasteiger partial charge is 0.344 e. The van der Waals surface area contributed by atoms with Crippen LogP contribution in [0.4, 0.5) is 11.4 Å². The molecule has 23 heavy (non-hydrogen) atoms. The maximum absolute atomic E-state index is 11.3. The van der Waals surface area contributed by atoms with Crippen LogP contribution in [0.3, 0.4) is 0 Å². The summed E-state index contributed by atoms with van der Waals surface area (Å²) < 4.78 is 11.1. The molecule has 1 aromatic rings. The first kappa shape index (κ1) is 16.7. The summed E-state index contributed by atoms with van der Waals surface area (Å²) in [4.78, 5) is 11.3. The molecule has 0 aliphatic heterocycles. The number of hydrogen-bond donors (Lipinski definition) is 3. The number of rotatable bonds is 6. The van der Waals surface area contributed by atoms with Gasteiger partial charge in [0.1, 0.15) is 5.76 Å². The second-order valence-corrected chi connectivity index (χ2v) is 4.74. The maximum atomic E-state index is 11.3. The summed E-state index contributed by atoms with van der Waals surface area (Å²) in [6.45, 7) is 1.83. The van der Waals surface area contributed by atoms with Crippen molar-refractivity contribution in [3.8, 4) is 0 Å². The Balaban J connectivity index is 2.18. The number of para-hydroxylation sites is 2. The molecule has 1 aromatic carbocycles. The van der Waals surface area contributed by atoms with Gasteiger partial charge in [-0.05, 0) is 13.0 Å². The molecule has 0 heterocycles. The van der Waals surface area contributed by atoms with Crippen molar-refractivity contribution in [2.24, 2.45) is 0 Å². The fourth-order valence-electron chi connectivity index (χ4n) is 2.09. The van der Waals surface area contributed by atoms with E-state index in [9.17, 15) is 15.2 Å². The first-order valence-corrected chi connectivity index (χ1v) is 7.23. The van der Waals surface area contributed by atoms with Gasteiger partial charge in [-0.25, -0.2) is 10.0 Å². The third-order valence-corrected chi connectivity index (χ3v) is 3.16. The third kappa shape index (κ3) is 4.41. The van der Waals surface area contributed by atoms with Gasteiger partial charge < -0.3 is 9.47 Å².